The van der Waals surface area contributed by atoms with Crippen molar-refractivity contribution in [3.63, 3.8) is 0 Å². The fourth-order valence-corrected chi connectivity index (χ4v) is 1.81. The van der Waals surface area contributed by atoms with Crippen molar-refractivity contribution in [3.8, 4) is 5.75 Å². The highest BCUT2D eigenvalue weighted by atomic mass is 16.5. The van der Waals surface area contributed by atoms with Gasteiger partial charge in [-0.2, -0.15) is 0 Å². The molecule has 1 aliphatic rings. The second-order valence-electron chi connectivity index (χ2n) is 4.36. The van der Waals surface area contributed by atoms with Crippen molar-refractivity contribution in [2.75, 3.05) is 19.5 Å². The number of nitrogen functional groups attached to an aromatic ring is 1. The lowest BCUT2D eigenvalue weighted by molar-refractivity contribution is 0.0368. The predicted molar refractivity (Wildman–Crippen MR) is 65.0 cm³/mol. The third kappa shape index (κ3) is 2.70. The summed E-state index contributed by atoms with van der Waals surface area (Å²) < 4.78 is 10.4. The van der Waals surface area contributed by atoms with Gasteiger partial charge in [0.15, 0.2) is 0 Å². The molecule has 92 valence electrons. The maximum absolute atomic E-state index is 11.8. The molecule has 1 fully saturated rings. The number of anilines is 1. The number of hydrogen-bond acceptors (Lipinski definition) is 4. The Kier molecular flexibility index (Phi) is 3.52. The van der Waals surface area contributed by atoms with Crippen LogP contribution in [0, 0.1) is 5.92 Å². The first-order valence-electron chi connectivity index (χ1n) is 5.81. The van der Waals surface area contributed by atoms with Gasteiger partial charge in [0.1, 0.15) is 11.3 Å². The van der Waals surface area contributed by atoms with Crippen molar-refractivity contribution >= 4 is 11.7 Å². The summed E-state index contributed by atoms with van der Waals surface area (Å²) in [6.07, 6.45) is 3.56. The summed E-state index contributed by atoms with van der Waals surface area (Å²) in [6.45, 7) is 0.506. The third-order valence-corrected chi connectivity index (χ3v) is 3.12. The Hall–Kier alpha value is -1.71. The molecule has 0 aromatic heterocycles. The van der Waals surface area contributed by atoms with Gasteiger partial charge in [0, 0.05) is 11.8 Å². The molecule has 0 heterocycles. The normalized spacial score (nSPS) is 15.1. The minimum absolute atomic E-state index is 0.339. The highest BCUT2D eigenvalue weighted by molar-refractivity contribution is 5.93. The number of esters is 1. The lowest BCUT2D eigenvalue weighted by Crippen LogP contribution is -2.20. The summed E-state index contributed by atoms with van der Waals surface area (Å²) in [5.41, 5.74) is 6.62. The number of carbonyl (C=O) groups is 1. The van der Waals surface area contributed by atoms with E-state index < -0.39 is 0 Å². The third-order valence-electron chi connectivity index (χ3n) is 3.12. The molecule has 2 rings (SSSR count). The van der Waals surface area contributed by atoms with Gasteiger partial charge in [0.25, 0.3) is 0 Å². The van der Waals surface area contributed by atoms with Crippen molar-refractivity contribution in [1.82, 2.24) is 0 Å². The average molecular weight is 235 g/mol. The molecule has 0 bridgehead atoms. The van der Waals surface area contributed by atoms with E-state index in [1.54, 1.807) is 18.2 Å². The number of carbonyl (C=O) groups excluding carboxylic acids is 1. The van der Waals surface area contributed by atoms with Crippen molar-refractivity contribution < 1.29 is 14.3 Å². The van der Waals surface area contributed by atoms with Crippen LogP contribution in [0.3, 0.4) is 0 Å². The Balaban J connectivity index is 2.01. The van der Waals surface area contributed by atoms with E-state index in [9.17, 15) is 4.79 Å². The van der Waals surface area contributed by atoms with Crippen LogP contribution in [0.15, 0.2) is 18.2 Å². The molecule has 2 N–H and O–H groups in total. The van der Waals surface area contributed by atoms with Crippen LogP contribution in [-0.4, -0.2) is 19.7 Å². The molecular weight excluding hydrogens is 218 g/mol. The fourth-order valence-electron chi connectivity index (χ4n) is 1.81. The summed E-state index contributed by atoms with van der Waals surface area (Å²) in [4.78, 5) is 11.8. The standard InChI is InChI=1S/C13H17NO3/c1-16-12-7-10(14)5-6-11(12)13(15)17-8-9-3-2-4-9/h5-7,9H,2-4,8,14H2,1H3. The zero-order chi connectivity index (χ0) is 12.3. The molecule has 4 nitrogen and oxygen atoms in total. The van der Waals surface area contributed by atoms with Gasteiger partial charge in [-0.1, -0.05) is 6.42 Å². The maximum atomic E-state index is 11.8. The summed E-state index contributed by atoms with van der Waals surface area (Å²) in [5, 5.41) is 0. The molecule has 0 atom stereocenters. The lowest BCUT2D eigenvalue weighted by atomic mass is 9.86. The second-order valence-corrected chi connectivity index (χ2v) is 4.36. The maximum Gasteiger partial charge on any atom is 0.341 e. The van der Waals surface area contributed by atoms with E-state index in [1.807, 2.05) is 0 Å². The molecule has 0 spiro atoms. The molecule has 0 amide bonds. The van der Waals surface area contributed by atoms with Gasteiger partial charge in [-0.05, 0) is 30.9 Å². The molecule has 4 heteroatoms. The number of nitrogens with two attached hydrogens (primary N) is 1. The lowest BCUT2D eigenvalue weighted by Gasteiger charge is -2.24. The van der Waals surface area contributed by atoms with Crippen molar-refractivity contribution in [3.05, 3.63) is 23.8 Å². The number of rotatable bonds is 4. The van der Waals surface area contributed by atoms with Gasteiger partial charge in [-0.3, -0.25) is 0 Å². The van der Waals surface area contributed by atoms with E-state index in [2.05, 4.69) is 0 Å². The van der Waals surface area contributed by atoms with E-state index in [0.29, 0.717) is 29.5 Å². The first-order valence-corrected chi connectivity index (χ1v) is 5.81. The van der Waals surface area contributed by atoms with Crippen molar-refractivity contribution in [2.45, 2.75) is 19.3 Å². The van der Waals surface area contributed by atoms with Gasteiger partial charge in [-0.25, -0.2) is 4.79 Å². The van der Waals surface area contributed by atoms with Gasteiger partial charge < -0.3 is 15.2 Å². The van der Waals surface area contributed by atoms with E-state index in [0.717, 1.165) is 12.8 Å². The fraction of sp³-hybridized carbons (Fsp3) is 0.462. The first-order chi connectivity index (χ1) is 8.20. The van der Waals surface area contributed by atoms with Crippen LogP contribution >= 0.6 is 0 Å². The van der Waals surface area contributed by atoms with Crippen molar-refractivity contribution in [1.29, 1.82) is 0 Å². The summed E-state index contributed by atoms with van der Waals surface area (Å²) in [5.74, 6) is 0.663. The monoisotopic (exact) mass is 235 g/mol. The molecule has 1 aromatic carbocycles. The number of ether oxygens (including phenoxy) is 2. The Morgan fingerprint density at radius 3 is 2.82 bits per heavy atom. The van der Waals surface area contributed by atoms with Gasteiger partial charge in [0.05, 0.1) is 13.7 Å². The largest absolute Gasteiger partial charge is 0.496 e. The van der Waals surface area contributed by atoms with Gasteiger partial charge >= 0.3 is 5.97 Å². The summed E-state index contributed by atoms with van der Waals surface area (Å²) in [6, 6.07) is 4.93. The second kappa shape index (κ2) is 5.08. The first kappa shape index (κ1) is 11.8. The molecule has 0 saturated heterocycles. The Labute approximate surface area is 101 Å². The smallest absolute Gasteiger partial charge is 0.341 e. The zero-order valence-electron chi connectivity index (χ0n) is 9.94. The molecule has 0 aliphatic heterocycles. The zero-order valence-corrected chi connectivity index (χ0v) is 9.94. The van der Waals surface area contributed by atoms with Gasteiger partial charge in [0.2, 0.25) is 0 Å². The summed E-state index contributed by atoms with van der Waals surface area (Å²) in [7, 11) is 1.51. The van der Waals surface area contributed by atoms with Crippen LogP contribution in [0.2, 0.25) is 0 Å². The van der Waals surface area contributed by atoms with Crippen molar-refractivity contribution in [2.24, 2.45) is 5.92 Å². The van der Waals surface area contributed by atoms with E-state index in [4.69, 9.17) is 15.2 Å². The van der Waals surface area contributed by atoms with Crippen LogP contribution in [0.1, 0.15) is 29.6 Å². The molecule has 1 saturated carbocycles. The minimum atomic E-state index is -0.339. The SMILES string of the molecule is COc1cc(N)ccc1C(=O)OCC1CCC1. The molecular formula is C13H17NO3. The average Bonchev–Trinajstić information content (AvgIpc) is 2.26. The quantitative estimate of drug-likeness (QED) is 0.642. The molecule has 1 aromatic rings. The highest BCUT2D eigenvalue weighted by Crippen LogP contribution is 2.27. The Morgan fingerprint density at radius 1 is 1.47 bits per heavy atom. The molecule has 1 aliphatic carbocycles. The van der Waals surface area contributed by atoms with E-state index in [-0.39, 0.29) is 5.97 Å². The minimum Gasteiger partial charge on any atom is -0.496 e. The van der Waals surface area contributed by atoms with E-state index >= 15 is 0 Å². The Bertz CT molecular complexity index is 413. The van der Waals surface area contributed by atoms with Crippen LogP contribution < -0.4 is 10.5 Å². The van der Waals surface area contributed by atoms with Crippen LogP contribution in [0.5, 0.6) is 5.75 Å². The van der Waals surface area contributed by atoms with E-state index in [1.165, 1.54) is 13.5 Å². The predicted octanol–water partition coefficient (Wildman–Crippen LogP) is 2.23. The number of methoxy groups -OCH3 is 1. The van der Waals surface area contributed by atoms with Crippen LogP contribution in [0.4, 0.5) is 5.69 Å². The molecule has 0 unspecified atom stereocenters. The topological polar surface area (TPSA) is 61.5 Å². The number of benzene rings is 1. The molecule has 17 heavy (non-hydrogen) atoms. The molecule has 0 radical (unpaired) electrons. The van der Waals surface area contributed by atoms with Crippen LogP contribution in [0.25, 0.3) is 0 Å². The highest BCUT2D eigenvalue weighted by Gasteiger charge is 2.21. The summed E-state index contributed by atoms with van der Waals surface area (Å²) >= 11 is 0. The number of hydrogen-bond donors (Lipinski definition) is 1. The van der Waals surface area contributed by atoms with Gasteiger partial charge in [-0.15, -0.1) is 0 Å². The Morgan fingerprint density at radius 2 is 2.24 bits per heavy atom. The van der Waals surface area contributed by atoms with Crippen LogP contribution in [-0.2, 0) is 4.74 Å².